The molecule has 1 aliphatic rings. The van der Waals surface area contributed by atoms with Crippen LogP contribution in [0.1, 0.15) is 40.5 Å². The van der Waals surface area contributed by atoms with Crippen molar-refractivity contribution in [3.05, 3.63) is 77.9 Å². The van der Waals surface area contributed by atoms with Gasteiger partial charge in [-0.05, 0) is 47.9 Å². The predicted molar refractivity (Wildman–Crippen MR) is 121 cm³/mol. The Bertz CT molecular complexity index is 1130. The molecule has 0 radical (unpaired) electrons. The highest BCUT2D eigenvalue weighted by Crippen LogP contribution is 2.22. The summed E-state index contributed by atoms with van der Waals surface area (Å²) in [6.07, 6.45) is 1.40. The van der Waals surface area contributed by atoms with E-state index >= 15 is 0 Å². The van der Waals surface area contributed by atoms with Crippen molar-refractivity contribution in [1.29, 1.82) is 0 Å². The number of rotatable bonds is 4. The van der Waals surface area contributed by atoms with Crippen LogP contribution in [0.25, 0.3) is 10.8 Å². The van der Waals surface area contributed by atoms with Crippen molar-refractivity contribution in [2.75, 3.05) is 18.4 Å². The molecule has 6 heteroatoms. The van der Waals surface area contributed by atoms with Gasteiger partial charge in [0.25, 0.3) is 11.8 Å². The molecule has 0 atom stereocenters. The van der Waals surface area contributed by atoms with Crippen molar-refractivity contribution >= 4 is 34.2 Å². The number of anilines is 1. The van der Waals surface area contributed by atoms with Gasteiger partial charge in [0, 0.05) is 42.9 Å². The SMILES string of the molecule is CC(=O)Nc1cccc(C(=O)NC2CCN(C(=O)c3cccc4ccccc34)CC2)c1. The highest BCUT2D eigenvalue weighted by atomic mass is 16.2. The molecule has 1 saturated heterocycles. The third-order valence-corrected chi connectivity index (χ3v) is 5.58. The molecule has 31 heavy (non-hydrogen) atoms. The highest BCUT2D eigenvalue weighted by Gasteiger charge is 2.25. The molecule has 0 bridgehead atoms. The fourth-order valence-corrected chi connectivity index (χ4v) is 4.02. The molecule has 1 fully saturated rings. The van der Waals surface area contributed by atoms with Gasteiger partial charge in [-0.3, -0.25) is 14.4 Å². The van der Waals surface area contributed by atoms with E-state index in [2.05, 4.69) is 10.6 Å². The second kappa shape index (κ2) is 9.00. The standard InChI is InChI=1S/C25H25N3O3/c1-17(29)26-21-9-4-8-19(16-21)24(30)27-20-12-14-28(15-13-20)25(31)23-11-5-7-18-6-2-3-10-22(18)23/h2-11,16,20H,12-15H2,1H3,(H,26,29)(H,27,30). The second-order valence-corrected chi connectivity index (χ2v) is 7.83. The van der Waals surface area contributed by atoms with E-state index in [1.807, 2.05) is 47.4 Å². The lowest BCUT2D eigenvalue weighted by atomic mass is 10.0. The van der Waals surface area contributed by atoms with Gasteiger partial charge in [-0.15, -0.1) is 0 Å². The van der Waals surface area contributed by atoms with Crippen molar-refractivity contribution < 1.29 is 14.4 Å². The lowest BCUT2D eigenvalue weighted by Crippen LogP contribution is -2.46. The Kier molecular flexibility index (Phi) is 5.98. The van der Waals surface area contributed by atoms with E-state index in [1.54, 1.807) is 24.3 Å². The quantitative estimate of drug-likeness (QED) is 0.680. The Balaban J connectivity index is 1.37. The van der Waals surface area contributed by atoms with Gasteiger partial charge in [0.1, 0.15) is 0 Å². The van der Waals surface area contributed by atoms with Gasteiger partial charge >= 0.3 is 0 Å². The maximum Gasteiger partial charge on any atom is 0.254 e. The molecular formula is C25H25N3O3. The molecule has 2 N–H and O–H groups in total. The number of hydrogen-bond donors (Lipinski definition) is 2. The van der Waals surface area contributed by atoms with Crippen LogP contribution in [0.5, 0.6) is 0 Å². The number of fused-ring (bicyclic) bond motifs is 1. The minimum absolute atomic E-state index is 0.00786. The molecular weight excluding hydrogens is 390 g/mol. The van der Waals surface area contributed by atoms with Crippen LogP contribution >= 0.6 is 0 Å². The van der Waals surface area contributed by atoms with Crippen LogP contribution in [-0.2, 0) is 4.79 Å². The van der Waals surface area contributed by atoms with E-state index < -0.39 is 0 Å². The normalized spacial score (nSPS) is 14.3. The summed E-state index contributed by atoms with van der Waals surface area (Å²) in [5.41, 5.74) is 1.81. The Labute approximate surface area is 181 Å². The third kappa shape index (κ3) is 4.74. The number of benzene rings is 3. The van der Waals surface area contributed by atoms with Crippen LogP contribution in [0.3, 0.4) is 0 Å². The maximum atomic E-state index is 13.1. The van der Waals surface area contributed by atoms with E-state index in [-0.39, 0.29) is 23.8 Å². The molecule has 3 aromatic rings. The van der Waals surface area contributed by atoms with Gasteiger partial charge in [-0.1, -0.05) is 42.5 Å². The van der Waals surface area contributed by atoms with Gasteiger partial charge < -0.3 is 15.5 Å². The number of likely N-dealkylation sites (tertiary alicyclic amines) is 1. The number of nitrogens with zero attached hydrogens (tertiary/aromatic N) is 1. The van der Waals surface area contributed by atoms with Crippen LogP contribution in [-0.4, -0.2) is 41.8 Å². The van der Waals surface area contributed by atoms with Crippen LogP contribution in [0.4, 0.5) is 5.69 Å². The molecule has 0 aromatic heterocycles. The Hall–Kier alpha value is -3.67. The summed E-state index contributed by atoms with van der Waals surface area (Å²) in [7, 11) is 0. The molecule has 158 valence electrons. The van der Waals surface area contributed by atoms with Crippen molar-refractivity contribution in [1.82, 2.24) is 10.2 Å². The Morgan fingerprint density at radius 1 is 0.903 bits per heavy atom. The number of nitrogens with one attached hydrogen (secondary N) is 2. The molecule has 6 nitrogen and oxygen atoms in total. The summed E-state index contributed by atoms with van der Waals surface area (Å²) >= 11 is 0. The van der Waals surface area contributed by atoms with Gasteiger partial charge in [0.15, 0.2) is 0 Å². The summed E-state index contributed by atoms with van der Waals surface area (Å²) < 4.78 is 0. The van der Waals surface area contributed by atoms with Gasteiger partial charge in [-0.2, -0.15) is 0 Å². The number of carbonyl (C=O) groups excluding carboxylic acids is 3. The lowest BCUT2D eigenvalue weighted by Gasteiger charge is -2.32. The zero-order valence-corrected chi connectivity index (χ0v) is 17.4. The number of carbonyl (C=O) groups is 3. The number of hydrogen-bond acceptors (Lipinski definition) is 3. The minimum atomic E-state index is -0.180. The molecule has 0 unspecified atom stereocenters. The second-order valence-electron chi connectivity index (χ2n) is 7.83. The molecule has 0 saturated carbocycles. The summed E-state index contributed by atoms with van der Waals surface area (Å²) in [6.45, 7) is 2.62. The summed E-state index contributed by atoms with van der Waals surface area (Å²) in [6, 6.07) is 20.6. The zero-order valence-electron chi connectivity index (χ0n) is 17.4. The summed E-state index contributed by atoms with van der Waals surface area (Å²) in [5.74, 6) is -0.323. The monoisotopic (exact) mass is 415 g/mol. The molecule has 0 aliphatic carbocycles. The average molecular weight is 415 g/mol. The molecule has 1 heterocycles. The molecule has 1 aliphatic heterocycles. The van der Waals surface area contributed by atoms with E-state index in [4.69, 9.17) is 0 Å². The first-order chi connectivity index (χ1) is 15.0. The first-order valence-corrected chi connectivity index (χ1v) is 10.5. The van der Waals surface area contributed by atoms with Gasteiger partial charge in [0.2, 0.25) is 5.91 Å². The minimum Gasteiger partial charge on any atom is -0.349 e. The van der Waals surface area contributed by atoms with Crippen molar-refractivity contribution in [2.45, 2.75) is 25.8 Å². The molecule has 4 rings (SSSR count). The van der Waals surface area contributed by atoms with Crippen LogP contribution in [0.15, 0.2) is 66.7 Å². The molecule has 3 aromatic carbocycles. The van der Waals surface area contributed by atoms with Gasteiger partial charge in [-0.25, -0.2) is 0 Å². The summed E-state index contributed by atoms with van der Waals surface area (Å²) in [5, 5.41) is 7.76. The number of amides is 3. The fraction of sp³-hybridized carbons (Fsp3) is 0.240. The summed E-state index contributed by atoms with van der Waals surface area (Å²) in [4.78, 5) is 38.8. The Morgan fingerprint density at radius 2 is 1.61 bits per heavy atom. The largest absolute Gasteiger partial charge is 0.349 e. The molecule has 0 spiro atoms. The van der Waals surface area contributed by atoms with E-state index in [1.165, 1.54) is 6.92 Å². The smallest absolute Gasteiger partial charge is 0.254 e. The van der Waals surface area contributed by atoms with Crippen molar-refractivity contribution in [3.63, 3.8) is 0 Å². The van der Waals surface area contributed by atoms with Crippen molar-refractivity contribution in [2.24, 2.45) is 0 Å². The Morgan fingerprint density at radius 3 is 2.39 bits per heavy atom. The van der Waals surface area contributed by atoms with Crippen LogP contribution in [0.2, 0.25) is 0 Å². The first kappa shape index (κ1) is 20.6. The number of piperidine rings is 1. The lowest BCUT2D eigenvalue weighted by molar-refractivity contribution is -0.114. The maximum absolute atomic E-state index is 13.1. The topological polar surface area (TPSA) is 78.5 Å². The van der Waals surface area contributed by atoms with E-state index in [0.717, 1.165) is 16.3 Å². The van der Waals surface area contributed by atoms with Crippen molar-refractivity contribution in [3.8, 4) is 0 Å². The molecule has 3 amide bonds. The first-order valence-electron chi connectivity index (χ1n) is 10.5. The van der Waals surface area contributed by atoms with Crippen LogP contribution in [0, 0.1) is 0 Å². The van der Waals surface area contributed by atoms with E-state index in [0.29, 0.717) is 37.2 Å². The predicted octanol–water partition coefficient (Wildman–Crippen LogP) is 3.83. The fourth-order valence-electron chi connectivity index (χ4n) is 4.02. The van der Waals surface area contributed by atoms with Gasteiger partial charge in [0.05, 0.1) is 0 Å². The highest BCUT2D eigenvalue weighted by molar-refractivity contribution is 6.07. The van der Waals surface area contributed by atoms with Crippen LogP contribution < -0.4 is 10.6 Å². The van der Waals surface area contributed by atoms with E-state index in [9.17, 15) is 14.4 Å². The zero-order chi connectivity index (χ0) is 21.8. The third-order valence-electron chi connectivity index (χ3n) is 5.58. The average Bonchev–Trinajstić information content (AvgIpc) is 2.78.